The molecule has 0 saturated carbocycles. The summed E-state index contributed by atoms with van der Waals surface area (Å²) in [6.07, 6.45) is -0.349. The summed E-state index contributed by atoms with van der Waals surface area (Å²) in [5.74, 6) is 0.249. The van der Waals surface area contributed by atoms with Gasteiger partial charge in [0.1, 0.15) is 0 Å². The van der Waals surface area contributed by atoms with Gasteiger partial charge in [0, 0.05) is 17.3 Å². The SMILES string of the molecule is O=C(CSc1nnc(-c2cc[c]nc2)n1-c1cccc(C(F)(F)F)c1)c1ccccc1. The van der Waals surface area contributed by atoms with Gasteiger partial charge in [-0.15, -0.1) is 10.2 Å². The third-order valence-corrected chi connectivity index (χ3v) is 5.30. The molecular formula is C22H14F3N4OS. The number of halogens is 3. The first-order valence-corrected chi connectivity index (χ1v) is 10.1. The van der Waals surface area contributed by atoms with Gasteiger partial charge in [-0.1, -0.05) is 48.2 Å². The van der Waals surface area contributed by atoms with Crippen molar-refractivity contribution < 1.29 is 18.0 Å². The van der Waals surface area contributed by atoms with E-state index in [4.69, 9.17) is 0 Å². The molecule has 1 radical (unpaired) electrons. The quantitative estimate of drug-likeness (QED) is 0.308. The minimum Gasteiger partial charge on any atom is -0.293 e. The fraction of sp³-hybridized carbons (Fsp3) is 0.0909. The van der Waals surface area contributed by atoms with Gasteiger partial charge in [-0.25, -0.2) is 0 Å². The van der Waals surface area contributed by atoms with Crippen molar-refractivity contribution >= 4 is 17.5 Å². The Bertz CT molecular complexity index is 1190. The number of nitrogens with zero attached hydrogens (tertiary/aromatic N) is 4. The average molecular weight is 439 g/mol. The lowest BCUT2D eigenvalue weighted by Gasteiger charge is -2.13. The summed E-state index contributed by atoms with van der Waals surface area (Å²) in [5, 5.41) is 8.58. The third kappa shape index (κ3) is 4.66. The number of carbonyl (C=O) groups excluding carboxylic acids is 1. The Morgan fingerprint density at radius 3 is 2.55 bits per heavy atom. The molecule has 0 amide bonds. The number of hydrogen-bond donors (Lipinski definition) is 0. The first-order valence-electron chi connectivity index (χ1n) is 9.10. The zero-order valence-electron chi connectivity index (χ0n) is 15.9. The van der Waals surface area contributed by atoms with Crippen molar-refractivity contribution in [1.82, 2.24) is 19.7 Å². The second-order valence-corrected chi connectivity index (χ2v) is 7.39. The van der Waals surface area contributed by atoms with Gasteiger partial charge in [-0.3, -0.25) is 14.3 Å². The molecule has 155 valence electrons. The van der Waals surface area contributed by atoms with E-state index in [-0.39, 0.29) is 17.2 Å². The lowest BCUT2D eigenvalue weighted by Crippen LogP contribution is -2.08. The van der Waals surface area contributed by atoms with Gasteiger partial charge >= 0.3 is 6.18 Å². The van der Waals surface area contributed by atoms with E-state index in [1.807, 2.05) is 6.07 Å². The summed E-state index contributed by atoms with van der Waals surface area (Å²) < 4.78 is 41.3. The van der Waals surface area contributed by atoms with E-state index in [9.17, 15) is 18.0 Å². The number of Topliss-reactive ketones (excluding diaryl/α,β-unsaturated/α-hetero) is 1. The first-order chi connectivity index (χ1) is 14.9. The van der Waals surface area contributed by atoms with Crippen LogP contribution in [0.1, 0.15) is 15.9 Å². The van der Waals surface area contributed by atoms with E-state index in [1.165, 1.54) is 22.9 Å². The molecule has 2 heterocycles. The summed E-state index contributed by atoms with van der Waals surface area (Å²) >= 11 is 1.10. The van der Waals surface area contributed by atoms with Crippen molar-refractivity contribution in [2.75, 3.05) is 5.75 Å². The van der Waals surface area contributed by atoms with Crippen molar-refractivity contribution in [2.45, 2.75) is 11.3 Å². The Morgan fingerprint density at radius 1 is 1.03 bits per heavy atom. The number of pyridine rings is 1. The highest BCUT2D eigenvalue weighted by molar-refractivity contribution is 7.99. The highest BCUT2D eigenvalue weighted by atomic mass is 32.2. The maximum Gasteiger partial charge on any atom is 0.416 e. The molecule has 2 aromatic heterocycles. The van der Waals surface area contributed by atoms with Crippen LogP contribution in [0.25, 0.3) is 17.1 Å². The Kier molecular flexibility index (Phi) is 5.85. The maximum absolute atomic E-state index is 13.3. The Hall–Kier alpha value is -3.46. The van der Waals surface area contributed by atoms with Gasteiger partial charge < -0.3 is 0 Å². The van der Waals surface area contributed by atoms with E-state index in [0.717, 1.165) is 23.9 Å². The summed E-state index contributed by atoms with van der Waals surface area (Å²) in [7, 11) is 0. The number of rotatable bonds is 6. The van der Waals surface area contributed by atoms with E-state index >= 15 is 0 Å². The molecule has 0 fully saturated rings. The van der Waals surface area contributed by atoms with Crippen LogP contribution in [-0.2, 0) is 6.18 Å². The van der Waals surface area contributed by atoms with Crippen molar-refractivity contribution in [3.05, 3.63) is 90.3 Å². The number of carbonyl (C=O) groups is 1. The predicted octanol–water partition coefficient (Wildman–Crippen LogP) is 5.12. The number of aromatic nitrogens is 4. The number of thioether (sulfide) groups is 1. The standard InChI is InChI=1S/C22H14F3N4OS/c23-22(24,25)17-9-4-10-18(12-17)29-20(16-8-5-11-26-13-16)27-28-21(29)31-14-19(30)15-6-2-1-3-7-15/h1-10,12-13H,14H2. The summed E-state index contributed by atoms with van der Waals surface area (Å²) in [4.78, 5) is 16.4. The van der Waals surface area contributed by atoms with Crippen LogP contribution in [0.15, 0.2) is 78.1 Å². The molecule has 0 unspecified atom stereocenters. The molecule has 9 heteroatoms. The van der Waals surface area contributed by atoms with E-state index in [0.29, 0.717) is 22.1 Å². The molecule has 4 rings (SSSR count). The van der Waals surface area contributed by atoms with Crippen LogP contribution in [0.3, 0.4) is 0 Å². The van der Waals surface area contributed by atoms with Crippen LogP contribution in [-0.4, -0.2) is 31.3 Å². The fourth-order valence-corrected chi connectivity index (χ4v) is 3.74. The first kappa shape index (κ1) is 20.8. The Labute approximate surface area is 180 Å². The Morgan fingerprint density at radius 2 is 1.84 bits per heavy atom. The van der Waals surface area contributed by atoms with Crippen molar-refractivity contribution in [2.24, 2.45) is 0 Å². The molecule has 0 bridgehead atoms. The summed E-state index contributed by atoms with van der Waals surface area (Å²) in [6.45, 7) is 0. The molecule has 0 N–H and O–H groups in total. The molecule has 0 aliphatic rings. The van der Waals surface area contributed by atoms with Crippen molar-refractivity contribution in [3.63, 3.8) is 0 Å². The third-order valence-electron chi connectivity index (χ3n) is 4.37. The maximum atomic E-state index is 13.3. The lowest BCUT2D eigenvalue weighted by molar-refractivity contribution is -0.137. The smallest absolute Gasteiger partial charge is 0.293 e. The number of benzene rings is 2. The van der Waals surface area contributed by atoms with Crippen LogP contribution in [0.2, 0.25) is 0 Å². The zero-order valence-corrected chi connectivity index (χ0v) is 16.7. The monoisotopic (exact) mass is 439 g/mol. The molecule has 0 aliphatic carbocycles. The zero-order chi connectivity index (χ0) is 21.8. The van der Waals surface area contributed by atoms with Crippen LogP contribution >= 0.6 is 11.8 Å². The number of alkyl halides is 3. The number of hydrogen-bond acceptors (Lipinski definition) is 5. The highest BCUT2D eigenvalue weighted by Crippen LogP contribution is 2.33. The van der Waals surface area contributed by atoms with Gasteiger partial charge in [-0.2, -0.15) is 13.2 Å². The highest BCUT2D eigenvalue weighted by Gasteiger charge is 2.31. The number of ketones is 1. The lowest BCUT2D eigenvalue weighted by atomic mass is 10.2. The van der Waals surface area contributed by atoms with Crippen LogP contribution in [0.5, 0.6) is 0 Å². The van der Waals surface area contributed by atoms with Gasteiger partial charge in [0.15, 0.2) is 16.8 Å². The predicted molar refractivity (Wildman–Crippen MR) is 110 cm³/mol. The topological polar surface area (TPSA) is 60.7 Å². The van der Waals surface area contributed by atoms with E-state index in [2.05, 4.69) is 21.4 Å². The van der Waals surface area contributed by atoms with Crippen molar-refractivity contribution in [1.29, 1.82) is 0 Å². The molecule has 0 spiro atoms. The summed E-state index contributed by atoms with van der Waals surface area (Å²) in [6, 6.07) is 16.9. The molecule has 0 saturated heterocycles. The molecule has 4 aromatic rings. The average Bonchev–Trinajstić information content (AvgIpc) is 3.22. The van der Waals surface area contributed by atoms with Gasteiger partial charge in [0.2, 0.25) is 0 Å². The van der Waals surface area contributed by atoms with Crippen LogP contribution in [0, 0.1) is 6.20 Å². The molecule has 0 aliphatic heterocycles. The molecule has 2 aromatic carbocycles. The van der Waals surface area contributed by atoms with Crippen molar-refractivity contribution in [3.8, 4) is 17.1 Å². The van der Waals surface area contributed by atoms with Crippen LogP contribution in [0.4, 0.5) is 13.2 Å². The minimum atomic E-state index is -4.50. The molecular weight excluding hydrogens is 425 g/mol. The molecule has 31 heavy (non-hydrogen) atoms. The fourth-order valence-electron chi connectivity index (χ4n) is 2.89. The van der Waals surface area contributed by atoms with Gasteiger partial charge in [0.25, 0.3) is 0 Å². The van der Waals surface area contributed by atoms with E-state index in [1.54, 1.807) is 36.4 Å². The Balaban J connectivity index is 1.73. The largest absolute Gasteiger partial charge is 0.416 e. The molecule has 5 nitrogen and oxygen atoms in total. The van der Waals surface area contributed by atoms with Crippen LogP contribution < -0.4 is 0 Å². The van der Waals surface area contributed by atoms with Gasteiger partial charge in [0.05, 0.1) is 23.2 Å². The summed E-state index contributed by atoms with van der Waals surface area (Å²) in [5.41, 5.74) is 0.547. The second kappa shape index (κ2) is 8.73. The van der Waals surface area contributed by atoms with Gasteiger partial charge in [-0.05, 0) is 30.3 Å². The second-order valence-electron chi connectivity index (χ2n) is 6.44. The normalized spacial score (nSPS) is 11.5. The molecule has 0 atom stereocenters. The minimum absolute atomic E-state index is 0.0575. The van der Waals surface area contributed by atoms with E-state index < -0.39 is 11.7 Å².